The lowest BCUT2D eigenvalue weighted by Gasteiger charge is -2.31. The third-order valence-electron chi connectivity index (χ3n) is 6.22. The topological polar surface area (TPSA) is 96.1 Å². The molecule has 2 aromatic carbocycles. The van der Waals surface area contributed by atoms with E-state index in [9.17, 15) is 9.59 Å². The molecule has 2 N–H and O–H groups in total. The first-order valence-electron chi connectivity index (χ1n) is 12.3. The van der Waals surface area contributed by atoms with Crippen molar-refractivity contribution in [2.24, 2.45) is 0 Å². The smallest absolute Gasteiger partial charge is 0.339 e. The van der Waals surface area contributed by atoms with E-state index >= 15 is 0 Å². The molecule has 9 nitrogen and oxygen atoms in total. The molecule has 0 saturated carbocycles. The summed E-state index contributed by atoms with van der Waals surface area (Å²) >= 11 is 5.79. The van der Waals surface area contributed by atoms with Crippen LogP contribution in [0.1, 0.15) is 22.8 Å². The molecule has 2 heterocycles. The Morgan fingerprint density at radius 2 is 1.97 bits per heavy atom. The molecular weight excluding hydrogens is 492 g/mol. The molecule has 37 heavy (non-hydrogen) atoms. The normalized spacial score (nSPS) is 13.8. The van der Waals surface area contributed by atoms with Gasteiger partial charge in [0.15, 0.2) is 5.11 Å². The molecule has 0 radical (unpaired) electrons. The van der Waals surface area contributed by atoms with Crippen molar-refractivity contribution in [1.29, 1.82) is 0 Å². The quantitative estimate of drug-likeness (QED) is 0.323. The summed E-state index contributed by atoms with van der Waals surface area (Å²) in [5.41, 5.74) is 2.07. The second-order valence-electron chi connectivity index (χ2n) is 8.65. The van der Waals surface area contributed by atoms with E-state index in [2.05, 4.69) is 15.2 Å². The van der Waals surface area contributed by atoms with E-state index in [1.807, 2.05) is 42.2 Å². The Hall–Kier alpha value is -3.47. The van der Waals surface area contributed by atoms with Crippen LogP contribution in [0, 0.1) is 0 Å². The molecule has 0 spiro atoms. The number of nitrogens with zero attached hydrogens (tertiary/aromatic N) is 2. The number of thiocarbonyl (C=S) groups is 1. The molecule has 10 heteroatoms. The monoisotopic (exact) mass is 524 g/mol. The Balaban J connectivity index is 1.60. The average molecular weight is 525 g/mol. The van der Waals surface area contributed by atoms with Crippen molar-refractivity contribution < 1.29 is 19.0 Å². The molecule has 0 aliphatic carbocycles. The molecule has 0 amide bonds. The minimum Gasteiger partial charge on any atom is -0.494 e. The molecule has 1 aliphatic heterocycles. The number of aromatic amines is 1. The van der Waals surface area contributed by atoms with Crippen LogP contribution in [0.15, 0.2) is 53.3 Å². The van der Waals surface area contributed by atoms with Crippen molar-refractivity contribution in [2.75, 3.05) is 58.4 Å². The van der Waals surface area contributed by atoms with Crippen LogP contribution < -0.4 is 15.6 Å². The number of hydrogen-bond acceptors (Lipinski definition) is 7. The summed E-state index contributed by atoms with van der Waals surface area (Å²) < 4.78 is 16.0. The number of anilines is 1. The van der Waals surface area contributed by atoms with E-state index in [0.29, 0.717) is 54.8 Å². The highest BCUT2D eigenvalue weighted by atomic mass is 32.1. The van der Waals surface area contributed by atoms with Gasteiger partial charge in [-0.2, -0.15) is 0 Å². The number of rotatable bonds is 9. The summed E-state index contributed by atoms with van der Waals surface area (Å²) in [6.07, 6.45) is 0. The molecule has 1 fully saturated rings. The Kier molecular flexibility index (Phi) is 9.10. The van der Waals surface area contributed by atoms with Gasteiger partial charge >= 0.3 is 5.97 Å². The largest absolute Gasteiger partial charge is 0.494 e. The third kappa shape index (κ3) is 6.85. The first-order chi connectivity index (χ1) is 18.0. The van der Waals surface area contributed by atoms with Gasteiger partial charge in [0.2, 0.25) is 0 Å². The number of methoxy groups -OCH3 is 1. The first kappa shape index (κ1) is 26.6. The zero-order valence-corrected chi connectivity index (χ0v) is 21.9. The fraction of sp³-hybridized carbons (Fsp3) is 0.370. The van der Waals surface area contributed by atoms with E-state index in [-0.39, 0.29) is 5.56 Å². The Bertz CT molecular complexity index is 1310. The molecule has 0 atom stereocenters. The number of para-hydroxylation sites is 1. The first-order valence-corrected chi connectivity index (χ1v) is 12.7. The van der Waals surface area contributed by atoms with Crippen molar-refractivity contribution in [2.45, 2.75) is 13.5 Å². The van der Waals surface area contributed by atoms with Gasteiger partial charge < -0.3 is 29.4 Å². The number of esters is 1. The minimum atomic E-state index is -0.457. The van der Waals surface area contributed by atoms with E-state index < -0.39 is 5.97 Å². The van der Waals surface area contributed by atoms with Crippen molar-refractivity contribution in [3.63, 3.8) is 0 Å². The minimum absolute atomic E-state index is 0.175. The maximum Gasteiger partial charge on any atom is 0.339 e. The predicted octanol–water partition coefficient (Wildman–Crippen LogP) is 3.24. The van der Waals surface area contributed by atoms with Crippen LogP contribution in [0.2, 0.25) is 0 Å². The van der Waals surface area contributed by atoms with Gasteiger partial charge in [-0.15, -0.1) is 0 Å². The van der Waals surface area contributed by atoms with Gasteiger partial charge in [0.05, 0.1) is 44.7 Å². The van der Waals surface area contributed by atoms with Crippen LogP contribution in [0.25, 0.3) is 10.9 Å². The second kappa shape index (κ2) is 12.7. The standard InChI is InChI=1S/C27H32N4O5S/c1-3-36-21-8-9-23-19(17-21)16-20(25(32)28-23)18-31(11-10-30-12-14-35-15-13-30)27(37)29-24-7-5-4-6-22(24)26(33)34-2/h4-9,16-17H,3,10-15,18H2,1-2H3,(H,28,32)(H,29,37). The van der Waals surface area contributed by atoms with Crippen LogP contribution in [-0.2, 0) is 16.0 Å². The van der Waals surface area contributed by atoms with Crippen molar-refractivity contribution in [1.82, 2.24) is 14.8 Å². The van der Waals surface area contributed by atoms with Gasteiger partial charge in [-0.05, 0) is 55.5 Å². The molecule has 196 valence electrons. The number of ether oxygens (including phenoxy) is 3. The summed E-state index contributed by atoms with van der Waals surface area (Å²) in [4.78, 5) is 32.5. The molecule has 1 aliphatic rings. The summed E-state index contributed by atoms with van der Waals surface area (Å²) in [5.74, 6) is 0.288. The third-order valence-corrected chi connectivity index (χ3v) is 6.58. The van der Waals surface area contributed by atoms with Crippen molar-refractivity contribution in [3.8, 4) is 5.75 Å². The lowest BCUT2D eigenvalue weighted by molar-refractivity contribution is 0.0358. The zero-order chi connectivity index (χ0) is 26.2. The van der Waals surface area contributed by atoms with Crippen LogP contribution in [0.4, 0.5) is 5.69 Å². The average Bonchev–Trinajstić information content (AvgIpc) is 2.92. The summed E-state index contributed by atoms with van der Waals surface area (Å²) in [5, 5.41) is 4.49. The van der Waals surface area contributed by atoms with Gasteiger partial charge in [0.25, 0.3) is 5.56 Å². The number of pyridine rings is 1. The molecule has 1 saturated heterocycles. The van der Waals surface area contributed by atoms with Gasteiger partial charge in [-0.3, -0.25) is 9.69 Å². The molecule has 0 unspecified atom stereocenters. The molecule has 1 aromatic heterocycles. The van der Waals surface area contributed by atoms with E-state index in [0.717, 1.165) is 36.3 Å². The number of benzene rings is 2. The van der Waals surface area contributed by atoms with Crippen molar-refractivity contribution >= 4 is 39.9 Å². The maximum atomic E-state index is 13.0. The zero-order valence-electron chi connectivity index (χ0n) is 21.1. The predicted molar refractivity (Wildman–Crippen MR) is 147 cm³/mol. The van der Waals surface area contributed by atoms with E-state index in [1.54, 1.807) is 18.2 Å². The number of nitrogens with one attached hydrogen (secondary N) is 2. The van der Waals surface area contributed by atoms with Crippen LogP contribution in [-0.4, -0.2) is 79.0 Å². The number of hydrogen-bond donors (Lipinski definition) is 2. The molecule has 3 aromatic rings. The van der Waals surface area contributed by atoms with Crippen LogP contribution in [0.3, 0.4) is 0 Å². The van der Waals surface area contributed by atoms with Gasteiger partial charge in [-0.25, -0.2) is 4.79 Å². The highest BCUT2D eigenvalue weighted by molar-refractivity contribution is 7.80. The lowest BCUT2D eigenvalue weighted by Crippen LogP contribution is -2.44. The molecular formula is C27H32N4O5S. The summed E-state index contributed by atoms with van der Waals surface area (Å²) in [6.45, 7) is 7.20. The highest BCUT2D eigenvalue weighted by Gasteiger charge is 2.19. The second-order valence-corrected chi connectivity index (χ2v) is 9.04. The highest BCUT2D eigenvalue weighted by Crippen LogP contribution is 2.21. The van der Waals surface area contributed by atoms with E-state index in [4.69, 9.17) is 26.4 Å². The fourth-order valence-electron chi connectivity index (χ4n) is 4.22. The fourth-order valence-corrected chi connectivity index (χ4v) is 4.49. The van der Waals surface area contributed by atoms with Gasteiger partial charge in [0, 0.05) is 42.6 Å². The van der Waals surface area contributed by atoms with Crippen LogP contribution >= 0.6 is 12.2 Å². The summed E-state index contributed by atoms with van der Waals surface area (Å²) in [6, 6.07) is 14.5. The lowest BCUT2D eigenvalue weighted by atomic mass is 10.1. The van der Waals surface area contributed by atoms with Crippen molar-refractivity contribution in [3.05, 3.63) is 70.0 Å². The Morgan fingerprint density at radius 3 is 2.73 bits per heavy atom. The maximum absolute atomic E-state index is 13.0. The number of carbonyl (C=O) groups is 1. The summed E-state index contributed by atoms with van der Waals surface area (Å²) in [7, 11) is 1.34. The number of morpholine rings is 1. The van der Waals surface area contributed by atoms with E-state index in [1.165, 1.54) is 7.11 Å². The van der Waals surface area contributed by atoms with Crippen LogP contribution in [0.5, 0.6) is 5.75 Å². The number of H-pyrrole nitrogens is 1. The number of carbonyl (C=O) groups excluding carboxylic acids is 1. The number of fused-ring (bicyclic) bond motifs is 1. The molecule has 4 rings (SSSR count). The Morgan fingerprint density at radius 1 is 1.19 bits per heavy atom. The SMILES string of the molecule is CCOc1ccc2[nH]c(=O)c(CN(CCN3CCOCC3)C(=S)Nc3ccccc3C(=O)OC)cc2c1. The van der Waals surface area contributed by atoms with Gasteiger partial charge in [0.1, 0.15) is 5.75 Å². The Labute approximate surface area is 221 Å². The number of aromatic nitrogens is 1. The van der Waals surface area contributed by atoms with Gasteiger partial charge in [-0.1, -0.05) is 12.1 Å². The molecule has 0 bridgehead atoms.